The lowest BCUT2D eigenvalue weighted by Crippen LogP contribution is -2.21. The maximum Gasteiger partial charge on any atom is 0.200 e. The Hall–Kier alpha value is -2.57. The molecule has 2 rings (SSSR count). The molecule has 8 nitrogen and oxygen atoms in total. The largest absolute Gasteiger partial charge is 0.504 e. The number of phenolic OH excluding ortho intramolecular Hbond substituents is 6. The van der Waals surface area contributed by atoms with Crippen LogP contribution < -0.4 is 5.32 Å². The molecule has 0 aliphatic heterocycles. The summed E-state index contributed by atoms with van der Waals surface area (Å²) in [6, 6.07) is 5.35. The van der Waals surface area contributed by atoms with Crippen LogP contribution in [0.25, 0.3) is 0 Å². The van der Waals surface area contributed by atoms with Gasteiger partial charge in [-0.25, -0.2) is 0 Å². The zero-order chi connectivity index (χ0) is 27.4. The maximum absolute atomic E-state index is 13.7. The van der Waals surface area contributed by atoms with Gasteiger partial charge in [0.1, 0.15) is 7.14 Å². The van der Waals surface area contributed by atoms with Crippen LogP contribution in [0.2, 0.25) is 0 Å². The zero-order valence-electron chi connectivity index (χ0n) is 22.1. The Labute approximate surface area is 220 Å². The van der Waals surface area contributed by atoms with E-state index < -0.39 is 47.6 Å². The summed E-state index contributed by atoms with van der Waals surface area (Å²) < 4.78 is 13.7. The van der Waals surface area contributed by atoms with E-state index in [0.717, 1.165) is 63.7 Å². The lowest BCUT2D eigenvalue weighted by molar-refractivity contribution is 0.358. The molecule has 0 aliphatic rings. The second kappa shape index (κ2) is 15.0. The van der Waals surface area contributed by atoms with Crippen LogP contribution in [0.4, 0.5) is 0 Å². The number of aromatic hydroxyl groups is 6. The number of benzene rings is 2. The van der Waals surface area contributed by atoms with Gasteiger partial charge in [0.25, 0.3) is 0 Å². The molecule has 0 aliphatic carbocycles. The molecule has 0 heterocycles. The van der Waals surface area contributed by atoms with Crippen LogP contribution in [0.5, 0.6) is 34.5 Å². The first-order valence-corrected chi connectivity index (χ1v) is 15.7. The minimum Gasteiger partial charge on any atom is -0.504 e. The third-order valence-electron chi connectivity index (χ3n) is 6.92. The van der Waals surface area contributed by atoms with Crippen LogP contribution in [0.3, 0.4) is 0 Å². The van der Waals surface area contributed by atoms with Crippen molar-refractivity contribution in [1.82, 2.24) is 5.32 Å². The fourth-order valence-electron chi connectivity index (χ4n) is 4.66. The lowest BCUT2D eigenvalue weighted by Gasteiger charge is -2.23. The van der Waals surface area contributed by atoms with Crippen LogP contribution in [0, 0.1) is 0 Å². The molecular weight excluding hydrogens is 493 g/mol. The Bertz CT molecular complexity index is 970. The van der Waals surface area contributed by atoms with Crippen molar-refractivity contribution in [1.29, 1.82) is 0 Å². The highest BCUT2D eigenvalue weighted by Crippen LogP contribution is 2.49. The molecule has 2 aromatic rings. The van der Waals surface area contributed by atoms with Crippen molar-refractivity contribution in [3.8, 4) is 34.5 Å². The molecule has 0 saturated carbocycles. The number of rotatable bonds is 17. The third kappa shape index (κ3) is 8.75. The van der Waals surface area contributed by atoms with Gasteiger partial charge in [-0.15, -0.1) is 0 Å². The van der Waals surface area contributed by atoms with Crippen LogP contribution in [-0.4, -0.2) is 55.8 Å². The second-order valence-electron chi connectivity index (χ2n) is 9.87. The predicted octanol–water partition coefficient (Wildman–Crippen LogP) is 6.51. The van der Waals surface area contributed by atoms with Crippen LogP contribution >= 0.6 is 7.14 Å². The van der Waals surface area contributed by atoms with Gasteiger partial charge in [0, 0.05) is 35.7 Å². The SMILES string of the molecule is CCCCCCP(=O)(CCCCCC)CNCCC(c1ccc(O)c(O)c1O)c1ccc(O)c(O)c1O. The summed E-state index contributed by atoms with van der Waals surface area (Å²) in [5.74, 6) is -4.09. The number of phenols is 6. The maximum atomic E-state index is 13.7. The van der Waals surface area contributed by atoms with Crippen molar-refractivity contribution in [3.63, 3.8) is 0 Å². The van der Waals surface area contributed by atoms with E-state index in [4.69, 9.17) is 0 Å². The molecule has 7 N–H and O–H groups in total. The van der Waals surface area contributed by atoms with E-state index in [-0.39, 0.29) is 11.1 Å². The Morgan fingerprint density at radius 2 is 1.14 bits per heavy atom. The summed E-state index contributed by atoms with van der Waals surface area (Å²) >= 11 is 0. The van der Waals surface area contributed by atoms with Gasteiger partial charge in [-0.3, -0.25) is 0 Å². The van der Waals surface area contributed by atoms with Crippen LogP contribution in [0.15, 0.2) is 24.3 Å². The summed E-state index contributed by atoms with van der Waals surface area (Å²) in [4.78, 5) is 0. The van der Waals surface area contributed by atoms with Crippen molar-refractivity contribution >= 4 is 7.14 Å². The van der Waals surface area contributed by atoms with E-state index in [1.54, 1.807) is 0 Å². The first-order chi connectivity index (χ1) is 17.6. The first kappa shape index (κ1) is 30.7. The van der Waals surface area contributed by atoms with E-state index in [2.05, 4.69) is 19.2 Å². The van der Waals surface area contributed by atoms with Crippen molar-refractivity contribution < 1.29 is 35.2 Å². The minimum atomic E-state index is -2.41. The van der Waals surface area contributed by atoms with E-state index in [9.17, 15) is 35.2 Å². The van der Waals surface area contributed by atoms with Gasteiger partial charge in [0.05, 0.1) is 0 Å². The third-order valence-corrected chi connectivity index (χ3v) is 9.98. The molecule has 0 spiro atoms. The van der Waals surface area contributed by atoms with Gasteiger partial charge < -0.3 is 40.5 Å². The van der Waals surface area contributed by atoms with Crippen molar-refractivity contribution in [2.75, 3.05) is 25.2 Å². The summed E-state index contributed by atoms with van der Waals surface area (Å²) in [5.41, 5.74) is 0.472. The average Bonchev–Trinajstić information content (AvgIpc) is 2.88. The fourth-order valence-corrected chi connectivity index (χ4v) is 7.37. The van der Waals surface area contributed by atoms with E-state index in [1.165, 1.54) is 24.3 Å². The van der Waals surface area contributed by atoms with E-state index in [0.29, 0.717) is 19.3 Å². The highest BCUT2D eigenvalue weighted by Gasteiger charge is 2.26. The molecule has 37 heavy (non-hydrogen) atoms. The van der Waals surface area contributed by atoms with Gasteiger partial charge in [-0.05, 0) is 37.9 Å². The summed E-state index contributed by atoms with van der Waals surface area (Å²) in [6.07, 6.45) is 10.7. The minimum absolute atomic E-state index is 0.236. The number of hydrogen-bond acceptors (Lipinski definition) is 8. The molecule has 0 amide bonds. The topological polar surface area (TPSA) is 150 Å². The lowest BCUT2D eigenvalue weighted by atomic mass is 9.86. The molecule has 0 unspecified atom stereocenters. The van der Waals surface area contributed by atoms with Gasteiger partial charge >= 0.3 is 0 Å². The molecule has 0 bridgehead atoms. The second-order valence-corrected chi connectivity index (χ2v) is 13.2. The monoisotopic (exact) mass is 537 g/mol. The predicted molar refractivity (Wildman–Crippen MR) is 148 cm³/mol. The van der Waals surface area contributed by atoms with Crippen molar-refractivity contribution in [3.05, 3.63) is 35.4 Å². The zero-order valence-corrected chi connectivity index (χ0v) is 23.0. The molecule has 0 fully saturated rings. The van der Waals surface area contributed by atoms with Gasteiger partial charge in [-0.1, -0.05) is 64.5 Å². The van der Waals surface area contributed by atoms with Crippen molar-refractivity contribution in [2.45, 2.75) is 77.6 Å². The standard InChI is InChI=1S/C28H44NO7P/c1-3-5-7-9-17-37(36,18-10-8-6-4-2)19-29-16-15-20(21-11-13-23(30)27(34)25(21)32)22-12-14-24(31)28(35)26(22)33/h11-14,20,29-35H,3-10,15-19H2,1-2H3. The highest BCUT2D eigenvalue weighted by molar-refractivity contribution is 7.63. The average molecular weight is 538 g/mol. The first-order valence-electron chi connectivity index (χ1n) is 13.4. The molecule has 0 aromatic heterocycles. The Balaban J connectivity index is 2.18. The fraction of sp³-hybridized carbons (Fsp3) is 0.571. The van der Waals surface area contributed by atoms with Gasteiger partial charge in [0.2, 0.25) is 11.5 Å². The van der Waals surface area contributed by atoms with Gasteiger partial charge in [-0.2, -0.15) is 0 Å². The normalized spacial score (nSPS) is 11.9. The summed E-state index contributed by atoms with van der Waals surface area (Å²) in [7, 11) is -2.41. The van der Waals surface area contributed by atoms with Crippen molar-refractivity contribution in [2.24, 2.45) is 0 Å². The molecule has 0 radical (unpaired) electrons. The summed E-state index contributed by atoms with van der Waals surface area (Å²) in [5, 5.41) is 64.0. The molecular formula is C28H44NO7P. The van der Waals surface area contributed by atoms with Gasteiger partial charge in [0.15, 0.2) is 23.0 Å². The number of hydrogen-bond donors (Lipinski definition) is 7. The Morgan fingerprint density at radius 1 is 0.676 bits per heavy atom. The number of unbranched alkanes of at least 4 members (excludes halogenated alkanes) is 6. The Kier molecular flexibility index (Phi) is 12.4. The quantitative estimate of drug-likeness (QED) is 0.0685. The smallest absolute Gasteiger partial charge is 0.200 e. The molecule has 0 saturated heterocycles. The Morgan fingerprint density at radius 3 is 1.57 bits per heavy atom. The molecule has 208 valence electrons. The van der Waals surface area contributed by atoms with E-state index in [1.807, 2.05) is 0 Å². The van der Waals surface area contributed by atoms with Crippen LogP contribution in [0.1, 0.15) is 88.7 Å². The molecule has 0 atom stereocenters. The highest BCUT2D eigenvalue weighted by atomic mass is 31.2. The molecule has 2 aromatic carbocycles. The summed E-state index contributed by atoms with van der Waals surface area (Å²) in [6.45, 7) is 4.69. The molecule has 9 heteroatoms. The number of nitrogens with one attached hydrogen (secondary N) is 1. The van der Waals surface area contributed by atoms with E-state index >= 15 is 0 Å². The van der Waals surface area contributed by atoms with Crippen LogP contribution in [-0.2, 0) is 4.57 Å².